The summed E-state index contributed by atoms with van der Waals surface area (Å²) in [7, 11) is 1.58. The van der Waals surface area contributed by atoms with Gasteiger partial charge in [-0.25, -0.2) is 4.79 Å². The minimum Gasteiger partial charge on any atom is -0.497 e. The van der Waals surface area contributed by atoms with Crippen molar-refractivity contribution in [1.29, 1.82) is 0 Å². The molecule has 114 valence electrons. The Balaban J connectivity index is 2.10. The fourth-order valence-corrected chi connectivity index (χ4v) is 2.00. The molecule has 0 radical (unpaired) electrons. The van der Waals surface area contributed by atoms with Crippen molar-refractivity contribution in [3.8, 4) is 5.75 Å². The lowest BCUT2D eigenvalue weighted by atomic mass is 10.1. The Hall–Kier alpha value is -2.82. The number of amidine groups is 1. The van der Waals surface area contributed by atoms with Crippen molar-refractivity contribution in [3.05, 3.63) is 64.7 Å². The second-order valence-corrected chi connectivity index (χ2v) is 4.90. The van der Waals surface area contributed by atoms with Crippen molar-refractivity contribution in [1.82, 2.24) is 0 Å². The minimum absolute atomic E-state index is 0.126. The molecule has 22 heavy (non-hydrogen) atoms. The summed E-state index contributed by atoms with van der Waals surface area (Å²) in [4.78, 5) is 16.9. The molecule has 2 rings (SSSR count). The fraction of sp³-hybridized carbons (Fsp3) is 0.176. The predicted octanol–water partition coefficient (Wildman–Crippen LogP) is 2.79. The van der Waals surface area contributed by atoms with Crippen molar-refractivity contribution in [2.24, 2.45) is 10.9 Å². The maximum Gasteiger partial charge on any atom is 0.366 e. The highest BCUT2D eigenvalue weighted by Gasteiger charge is 2.11. The van der Waals surface area contributed by atoms with Gasteiger partial charge in [-0.2, -0.15) is 0 Å². The van der Waals surface area contributed by atoms with Crippen LogP contribution in [0, 0.1) is 13.8 Å². The molecule has 5 heteroatoms. The molecule has 0 amide bonds. The molecule has 0 heterocycles. The van der Waals surface area contributed by atoms with Gasteiger partial charge in [0.1, 0.15) is 5.75 Å². The van der Waals surface area contributed by atoms with E-state index in [0.29, 0.717) is 16.9 Å². The number of aryl methyl sites for hydroxylation is 2. The van der Waals surface area contributed by atoms with Crippen LogP contribution in [-0.4, -0.2) is 18.9 Å². The Morgan fingerprint density at radius 1 is 1.09 bits per heavy atom. The van der Waals surface area contributed by atoms with Crippen LogP contribution in [0.1, 0.15) is 27.0 Å². The molecular formula is C17H18N2O3. The average molecular weight is 298 g/mol. The van der Waals surface area contributed by atoms with E-state index in [2.05, 4.69) is 5.16 Å². The number of ether oxygens (including phenoxy) is 1. The Kier molecular flexibility index (Phi) is 4.78. The van der Waals surface area contributed by atoms with E-state index in [1.54, 1.807) is 37.4 Å². The summed E-state index contributed by atoms with van der Waals surface area (Å²) in [5.74, 6) is 0.304. The van der Waals surface area contributed by atoms with E-state index in [4.69, 9.17) is 15.3 Å². The molecule has 0 fully saturated rings. The van der Waals surface area contributed by atoms with Gasteiger partial charge in [0, 0.05) is 5.56 Å². The van der Waals surface area contributed by atoms with Crippen LogP contribution in [0.2, 0.25) is 0 Å². The van der Waals surface area contributed by atoms with Crippen molar-refractivity contribution in [2.45, 2.75) is 13.8 Å². The molecule has 0 aliphatic carbocycles. The zero-order chi connectivity index (χ0) is 16.1. The first-order valence-electron chi connectivity index (χ1n) is 6.77. The molecule has 2 aromatic rings. The van der Waals surface area contributed by atoms with Gasteiger partial charge in [0.25, 0.3) is 0 Å². The van der Waals surface area contributed by atoms with Gasteiger partial charge >= 0.3 is 5.97 Å². The Morgan fingerprint density at radius 3 is 2.36 bits per heavy atom. The molecular weight excluding hydrogens is 280 g/mol. The van der Waals surface area contributed by atoms with E-state index in [1.807, 2.05) is 26.0 Å². The summed E-state index contributed by atoms with van der Waals surface area (Å²) in [5, 5.41) is 3.69. The second kappa shape index (κ2) is 6.76. The topological polar surface area (TPSA) is 73.9 Å². The summed E-state index contributed by atoms with van der Waals surface area (Å²) < 4.78 is 5.06. The van der Waals surface area contributed by atoms with Gasteiger partial charge in [-0.05, 0) is 49.7 Å². The number of oxime groups is 1. The Morgan fingerprint density at radius 2 is 1.77 bits per heavy atom. The molecule has 0 atom stereocenters. The highest BCUT2D eigenvalue weighted by molar-refractivity contribution is 5.98. The number of nitrogens with two attached hydrogens (primary N) is 1. The molecule has 0 aliphatic rings. The lowest BCUT2D eigenvalue weighted by Crippen LogP contribution is -2.15. The van der Waals surface area contributed by atoms with Crippen LogP contribution >= 0.6 is 0 Å². The second-order valence-electron chi connectivity index (χ2n) is 4.90. The molecule has 2 N–H and O–H groups in total. The SMILES string of the molecule is COc1ccc(/C(N)=N\OC(=O)c2ccc(C)cc2C)cc1. The number of methoxy groups -OCH3 is 1. The molecule has 5 nitrogen and oxygen atoms in total. The normalized spacial score (nSPS) is 11.1. The van der Waals surface area contributed by atoms with Crippen molar-refractivity contribution in [2.75, 3.05) is 7.11 Å². The standard InChI is InChI=1S/C17H18N2O3/c1-11-4-9-15(12(2)10-11)17(20)22-19-16(18)13-5-7-14(21-3)8-6-13/h4-10H,1-3H3,(H2,18,19). The third-order valence-corrected chi connectivity index (χ3v) is 3.21. The largest absolute Gasteiger partial charge is 0.497 e. The lowest BCUT2D eigenvalue weighted by Gasteiger charge is -2.05. The lowest BCUT2D eigenvalue weighted by molar-refractivity contribution is 0.0515. The van der Waals surface area contributed by atoms with Crippen LogP contribution in [0.25, 0.3) is 0 Å². The first-order valence-corrected chi connectivity index (χ1v) is 6.77. The third-order valence-electron chi connectivity index (χ3n) is 3.21. The van der Waals surface area contributed by atoms with E-state index >= 15 is 0 Å². The smallest absolute Gasteiger partial charge is 0.366 e. The highest BCUT2D eigenvalue weighted by atomic mass is 16.7. The van der Waals surface area contributed by atoms with Gasteiger partial charge in [0.05, 0.1) is 12.7 Å². The Bertz CT molecular complexity index is 706. The molecule has 0 saturated carbocycles. The van der Waals surface area contributed by atoms with Gasteiger partial charge in [-0.1, -0.05) is 22.9 Å². The first-order chi connectivity index (χ1) is 10.5. The van der Waals surface area contributed by atoms with Crippen molar-refractivity contribution >= 4 is 11.8 Å². The molecule has 0 unspecified atom stereocenters. The van der Waals surface area contributed by atoms with Crippen LogP contribution in [0.4, 0.5) is 0 Å². The Labute approximate surface area is 129 Å². The summed E-state index contributed by atoms with van der Waals surface area (Å²) in [6, 6.07) is 12.5. The van der Waals surface area contributed by atoms with Crippen LogP contribution < -0.4 is 10.5 Å². The van der Waals surface area contributed by atoms with Gasteiger partial charge in [-0.3, -0.25) is 0 Å². The number of nitrogens with zero attached hydrogens (tertiary/aromatic N) is 1. The zero-order valence-electron chi connectivity index (χ0n) is 12.8. The van der Waals surface area contributed by atoms with Crippen molar-refractivity contribution < 1.29 is 14.4 Å². The number of hydrogen-bond donors (Lipinski definition) is 1. The first kappa shape index (κ1) is 15.6. The van der Waals surface area contributed by atoms with E-state index in [-0.39, 0.29) is 5.84 Å². The number of hydrogen-bond acceptors (Lipinski definition) is 4. The van der Waals surface area contributed by atoms with Gasteiger partial charge in [0.15, 0.2) is 5.84 Å². The van der Waals surface area contributed by atoms with Gasteiger partial charge in [-0.15, -0.1) is 0 Å². The van der Waals surface area contributed by atoms with Crippen LogP contribution in [-0.2, 0) is 4.84 Å². The zero-order valence-corrected chi connectivity index (χ0v) is 12.8. The van der Waals surface area contributed by atoms with E-state index in [9.17, 15) is 4.79 Å². The fourth-order valence-electron chi connectivity index (χ4n) is 2.00. The molecule has 2 aromatic carbocycles. The maximum absolute atomic E-state index is 12.0. The third kappa shape index (κ3) is 3.63. The molecule has 0 spiro atoms. The summed E-state index contributed by atoms with van der Waals surface area (Å²) in [6.45, 7) is 3.81. The summed E-state index contributed by atoms with van der Waals surface area (Å²) >= 11 is 0. The van der Waals surface area contributed by atoms with Crippen LogP contribution in [0.15, 0.2) is 47.6 Å². The average Bonchev–Trinajstić information content (AvgIpc) is 2.52. The quantitative estimate of drug-likeness (QED) is 0.407. The predicted molar refractivity (Wildman–Crippen MR) is 85.0 cm³/mol. The maximum atomic E-state index is 12.0. The molecule has 0 bridgehead atoms. The minimum atomic E-state index is -0.533. The molecule has 0 saturated heterocycles. The van der Waals surface area contributed by atoms with Crippen LogP contribution in [0.3, 0.4) is 0 Å². The highest BCUT2D eigenvalue weighted by Crippen LogP contribution is 2.13. The van der Waals surface area contributed by atoms with Gasteiger partial charge in [0.2, 0.25) is 0 Å². The molecule has 0 aromatic heterocycles. The van der Waals surface area contributed by atoms with Crippen LogP contribution in [0.5, 0.6) is 5.75 Å². The monoisotopic (exact) mass is 298 g/mol. The number of carbonyl (C=O) groups is 1. The van der Waals surface area contributed by atoms with Crippen molar-refractivity contribution in [3.63, 3.8) is 0 Å². The van der Waals surface area contributed by atoms with E-state index in [0.717, 1.165) is 11.1 Å². The number of rotatable bonds is 4. The summed E-state index contributed by atoms with van der Waals surface area (Å²) in [5.41, 5.74) is 8.84. The molecule has 0 aliphatic heterocycles. The number of benzene rings is 2. The van der Waals surface area contributed by atoms with E-state index in [1.165, 1.54) is 0 Å². The number of carbonyl (C=O) groups excluding carboxylic acids is 1. The van der Waals surface area contributed by atoms with E-state index < -0.39 is 5.97 Å². The summed E-state index contributed by atoms with van der Waals surface area (Å²) in [6.07, 6.45) is 0. The van der Waals surface area contributed by atoms with Gasteiger partial charge < -0.3 is 15.3 Å².